The number of benzene rings is 3. The lowest BCUT2D eigenvalue weighted by Crippen LogP contribution is -2.28. The van der Waals surface area contributed by atoms with Gasteiger partial charge in [-0.2, -0.15) is 0 Å². The molecule has 1 heterocycles. The second kappa shape index (κ2) is 7.64. The molecule has 4 rings (SSSR count). The average molecular weight is 387 g/mol. The number of para-hydroxylation sites is 1. The zero-order valence-corrected chi connectivity index (χ0v) is 17.1. The van der Waals surface area contributed by atoms with E-state index >= 15 is 0 Å². The van der Waals surface area contributed by atoms with E-state index in [1.807, 2.05) is 37.3 Å². The number of thioether (sulfide) groups is 1. The van der Waals surface area contributed by atoms with Crippen molar-refractivity contribution in [3.8, 4) is 0 Å². The highest BCUT2D eigenvalue weighted by molar-refractivity contribution is 8.18. The fraction of sp³-hybridized carbons (Fsp3) is 0.167. The molecular formula is C24H22N2OS. The minimum absolute atomic E-state index is 0.0189. The van der Waals surface area contributed by atoms with E-state index in [-0.39, 0.29) is 5.91 Å². The van der Waals surface area contributed by atoms with Crippen molar-refractivity contribution < 1.29 is 4.79 Å². The van der Waals surface area contributed by atoms with Crippen molar-refractivity contribution in [2.75, 3.05) is 6.54 Å². The van der Waals surface area contributed by atoms with E-state index in [4.69, 9.17) is 4.99 Å². The van der Waals surface area contributed by atoms with Gasteiger partial charge in [0.05, 0.1) is 10.6 Å². The van der Waals surface area contributed by atoms with Crippen molar-refractivity contribution in [2.24, 2.45) is 4.99 Å². The predicted molar refractivity (Wildman–Crippen MR) is 120 cm³/mol. The standard InChI is InChI=1S/C24H22N2OS/c1-4-26-23(27)21(15-19-13-8-12-18-11-5-6-14-20(18)19)28-24(26)25-22-16(2)9-7-10-17(22)3/h5-15H,4H2,1-3H3/b21-15+,25-24?. The van der Waals surface area contributed by atoms with Crippen molar-refractivity contribution in [2.45, 2.75) is 20.8 Å². The molecule has 3 aromatic carbocycles. The molecule has 0 bridgehead atoms. The maximum atomic E-state index is 13.0. The second-order valence-electron chi connectivity index (χ2n) is 6.86. The monoisotopic (exact) mass is 386 g/mol. The normalized spacial score (nSPS) is 17.2. The van der Waals surface area contributed by atoms with Crippen LogP contribution in [0.15, 0.2) is 70.6 Å². The Morgan fingerprint density at radius 1 is 0.964 bits per heavy atom. The SMILES string of the molecule is CCN1C(=O)/C(=C\c2cccc3ccccc23)SC1=Nc1c(C)cccc1C. The zero-order chi connectivity index (χ0) is 19.7. The molecule has 0 atom stereocenters. The number of hydrogen-bond donors (Lipinski definition) is 0. The summed E-state index contributed by atoms with van der Waals surface area (Å²) in [5, 5.41) is 3.06. The first kappa shape index (κ1) is 18.5. The van der Waals surface area contributed by atoms with Crippen molar-refractivity contribution in [1.29, 1.82) is 0 Å². The van der Waals surface area contributed by atoms with Crippen molar-refractivity contribution in [3.63, 3.8) is 0 Å². The molecule has 1 aliphatic heterocycles. The van der Waals surface area contributed by atoms with Gasteiger partial charge in [0.15, 0.2) is 5.17 Å². The molecular weight excluding hydrogens is 364 g/mol. The number of rotatable bonds is 3. The van der Waals surface area contributed by atoms with Crippen LogP contribution in [0.2, 0.25) is 0 Å². The molecule has 0 saturated carbocycles. The highest BCUT2D eigenvalue weighted by Crippen LogP contribution is 2.36. The number of likely N-dealkylation sites (N-methyl/N-ethyl adjacent to an activating group) is 1. The van der Waals surface area contributed by atoms with Crippen LogP contribution in [0.25, 0.3) is 16.8 Å². The lowest BCUT2D eigenvalue weighted by atomic mass is 10.0. The summed E-state index contributed by atoms with van der Waals surface area (Å²) in [6.07, 6.45) is 1.99. The summed E-state index contributed by atoms with van der Waals surface area (Å²) in [6, 6.07) is 20.6. The van der Waals surface area contributed by atoms with Crippen LogP contribution in [-0.2, 0) is 4.79 Å². The summed E-state index contributed by atoms with van der Waals surface area (Å²) in [6.45, 7) is 6.69. The quantitative estimate of drug-likeness (QED) is 0.511. The number of hydrogen-bond acceptors (Lipinski definition) is 3. The number of aryl methyl sites for hydroxylation is 2. The van der Waals surface area contributed by atoms with Gasteiger partial charge < -0.3 is 0 Å². The van der Waals surface area contributed by atoms with Crippen LogP contribution in [0.3, 0.4) is 0 Å². The number of aliphatic imine (C=N–C) groups is 1. The Bertz CT molecular complexity index is 1100. The van der Waals surface area contributed by atoms with Crippen LogP contribution in [0.1, 0.15) is 23.6 Å². The Morgan fingerprint density at radius 3 is 2.39 bits per heavy atom. The van der Waals surface area contributed by atoms with Gasteiger partial charge >= 0.3 is 0 Å². The molecule has 1 amide bonds. The third-order valence-corrected chi connectivity index (χ3v) is 5.97. The van der Waals surface area contributed by atoms with Gasteiger partial charge in [-0.25, -0.2) is 4.99 Å². The summed E-state index contributed by atoms with van der Waals surface area (Å²) in [7, 11) is 0. The zero-order valence-electron chi connectivity index (χ0n) is 16.3. The van der Waals surface area contributed by atoms with Crippen molar-refractivity contribution in [1.82, 2.24) is 4.90 Å². The van der Waals surface area contributed by atoms with Gasteiger partial charge in [-0.05, 0) is 66.1 Å². The third kappa shape index (κ3) is 3.36. The largest absolute Gasteiger partial charge is 0.287 e. The van der Waals surface area contributed by atoms with Gasteiger partial charge in [0.25, 0.3) is 5.91 Å². The van der Waals surface area contributed by atoms with Crippen LogP contribution >= 0.6 is 11.8 Å². The van der Waals surface area contributed by atoms with Gasteiger partial charge in [0.2, 0.25) is 0 Å². The van der Waals surface area contributed by atoms with Crippen LogP contribution in [-0.4, -0.2) is 22.5 Å². The van der Waals surface area contributed by atoms with Crippen LogP contribution in [0, 0.1) is 13.8 Å². The first-order valence-electron chi connectivity index (χ1n) is 9.42. The Hall–Kier alpha value is -2.85. The molecule has 0 aromatic heterocycles. The Balaban J connectivity index is 1.77. The lowest BCUT2D eigenvalue weighted by Gasteiger charge is -2.13. The van der Waals surface area contributed by atoms with Gasteiger partial charge in [-0.1, -0.05) is 60.7 Å². The van der Waals surface area contributed by atoms with E-state index in [1.54, 1.807) is 4.90 Å². The fourth-order valence-electron chi connectivity index (χ4n) is 3.47. The van der Waals surface area contributed by atoms with Gasteiger partial charge in [0.1, 0.15) is 0 Å². The van der Waals surface area contributed by atoms with E-state index in [2.05, 4.69) is 50.2 Å². The Labute approximate surface area is 169 Å². The molecule has 0 spiro atoms. The molecule has 4 heteroatoms. The topological polar surface area (TPSA) is 32.7 Å². The van der Waals surface area contributed by atoms with E-state index in [1.165, 1.54) is 17.1 Å². The smallest absolute Gasteiger partial charge is 0.266 e. The maximum Gasteiger partial charge on any atom is 0.266 e. The number of carbonyl (C=O) groups excluding carboxylic acids is 1. The van der Waals surface area contributed by atoms with E-state index in [0.717, 1.165) is 32.9 Å². The third-order valence-electron chi connectivity index (χ3n) is 4.96. The van der Waals surface area contributed by atoms with Gasteiger partial charge in [0, 0.05) is 6.54 Å². The fourth-order valence-corrected chi connectivity index (χ4v) is 4.50. The van der Waals surface area contributed by atoms with E-state index < -0.39 is 0 Å². The highest BCUT2D eigenvalue weighted by Gasteiger charge is 2.32. The minimum atomic E-state index is 0.0189. The molecule has 0 N–H and O–H groups in total. The number of nitrogens with zero attached hydrogens (tertiary/aromatic N) is 2. The molecule has 3 aromatic rings. The molecule has 1 saturated heterocycles. The van der Waals surface area contributed by atoms with Crippen molar-refractivity contribution in [3.05, 3.63) is 82.3 Å². The number of carbonyl (C=O) groups is 1. The minimum Gasteiger partial charge on any atom is -0.287 e. The Kier molecular flexibility index (Phi) is 5.05. The molecule has 0 radical (unpaired) electrons. The number of fused-ring (bicyclic) bond motifs is 1. The molecule has 28 heavy (non-hydrogen) atoms. The lowest BCUT2D eigenvalue weighted by molar-refractivity contribution is -0.122. The predicted octanol–water partition coefficient (Wildman–Crippen LogP) is 6.08. The Morgan fingerprint density at radius 2 is 1.64 bits per heavy atom. The molecule has 1 fully saturated rings. The molecule has 1 aliphatic rings. The van der Waals surface area contributed by atoms with Crippen LogP contribution < -0.4 is 0 Å². The van der Waals surface area contributed by atoms with E-state index in [9.17, 15) is 4.79 Å². The molecule has 0 unspecified atom stereocenters. The van der Waals surface area contributed by atoms with Crippen LogP contribution in [0.4, 0.5) is 5.69 Å². The maximum absolute atomic E-state index is 13.0. The summed E-state index contributed by atoms with van der Waals surface area (Å²) in [4.78, 5) is 20.3. The summed E-state index contributed by atoms with van der Waals surface area (Å²) in [5.41, 5.74) is 4.23. The molecule has 140 valence electrons. The van der Waals surface area contributed by atoms with Crippen LogP contribution in [0.5, 0.6) is 0 Å². The van der Waals surface area contributed by atoms with Gasteiger partial charge in [-0.15, -0.1) is 0 Å². The first-order valence-corrected chi connectivity index (χ1v) is 10.2. The first-order chi connectivity index (χ1) is 13.6. The highest BCUT2D eigenvalue weighted by atomic mass is 32.2. The summed E-state index contributed by atoms with van der Waals surface area (Å²) < 4.78 is 0. The summed E-state index contributed by atoms with van der Waals surface area (Å²) in [5.74, 6) is 0.0189. The van der Waals surface area contributed by atoms with Gasteiger partial charge in [-0.3, -0.25) is 9.69 Å². The summed E-state index contributed by atoms with van der Waals surface area (Å²) >= 11 is 1.45. The average Bonchev–Trinajstić information content (AvgIpc) is 2.99. The van der Waals surface area contributed by atoms with Crippen molar-refractivity contribution >= 4 is 45.4 Å². The van der Waals surface area contributed by atoms with E-state index in [0.29, 0.717) is 11.4 Å². The molecule has 3 nitrogen and oxygen atoms in total. The number of amides is 1. The molecule has 0 aliphatic carbocycles. The number of amidine groups is 1. The second-order valence-corrected chi connectivity index (χ2v) is 7.87.